The SMILES string of the molecule is CC(C)Nc1ccccc1C(=O)N(C)CCC(F)(F)F. The second-order valence-corrected chi connectivity index (χ2v) is 4.94. The van der Waals surface area contributed by atoms with Crippen LogP contribution in [0.1, 0.15) is 30.6 Å². The maximum absolute atomic E-state index is 12.2. The number of nitrogens with zero attached hydrogens (tertiary/aromatic N) is 1. The fraction of sp³-hybridized carbons (Fsp3) is 0.500. The first-order chi connectivity index (χ1) is 9.20. The topological polar surface area (TPSA) is 32.3 Å². The van der Waals surface area contributed by atoms with E-state index in [4.69, 9.17) is 0 Å². The molecule has 0 aliphatic heterocycles. The number of anilines is 1. The van der Waals surface area contributed by atoms with Crippen LogP contribution in [0.25, 0.3) is 0 Å². The fourth-order valence-corrected chi connectivity index (χ4v) is 1.71. The molecule has 0 saturated heterocycles. The van der Waals surface area contributed by atoms with Crippen molar-refractivity contribution in [1.29, 1.82) is 0 Å². The second-order valence-electron chi connectivity index (χ2n) is 4.94. The normalized spacial score (nSPS) is 11.6. The average molecular weight is 288 g/mol. The molecule has 0 aliphatic rings. The highest BCUT2D eigenvalue weighted by molar-refractivity contribution is 5.99. The smallest absolute Gasteiger partial charge is 0.382 e. The van der Waals surface area contributed by atoms with E-state index < -0.39 is 18.5 Å². The van der Waals surface area contributed by atoms with Crippen LogP contribution < -0.4 is 5.32 Å². The zero-order valence-corrected chi connectivity index (χ0v) is 11.8. The van der Waals surface area contributed by atoms with Gasteiger partial charge in [0.1, 0.15) is 0 Å². The number of amides is 1. The van der Waals surface area contributed by atoms with Crippen LogP contribution in [-0.4, -0.2) is 36.6 Å². The molecule has 20 heavy (non-hydrogen) atoms. The van der Waals surface area contributed by atoms with E-state index in [1.807, 2.05) is 13.8 Å². The van der Waals surface area contributed by atoms with Crippen molar-refractivity contribution >= 4 is 11.6 Å². The molecule has 0 radical (unpaired) electrons. The van der Waals surface area contributed by atoms with Gasteiger partial charge in [0.2, 0.25) is 0 Å². The van der Waals surface area contributed by atoms with Crippen molar-refractivity contribution in [3.8, 4) is 0 Å². The third-order valence-electron chi connectivity index (χ3n) is 2.68. The summed E-state index contributed by atoms with van der Waals surface area (Å²) in [5.41, 5.74) is 1.01. The summed E-state index contributed by atoms with van der Waals surface area (Å²) in [7, 11) is 1.38. The van der Waals surface area contributed by atoms with Gasteiger partial charge >= 0.3 is 6.18 Å². The molecular formula is C14H19F3N2O. The van der Waals surface area contributed by atoms with E-state index in [0.717, 1.165) is 4.90 Å². The molecule has 0 saturated carbocycles. The molecule has 3 nitrogen and oxygen atoms in total. The lowest BCUT2D eigenvalue weighted by Gasteiger charge is -2.21. The number of para-hydroxylation sites is 1. The summed E-state index contributed by atoms with van der Waals surface area (Å²) in [6, 6.07) is 6.94. The predicted molar refractivity (Wildman–Crippen MR) is 72.8 cm³/mol. The summed E-state index contributed by atoms with van der Waals surface area (Å²) in [6.07, 6.45) is -5.26. The van der Waals surface area contributed by atoms with Crippen LogP contribution in [0.2, 0.25) is 0 Å². The number of alkyl halides is 3. The van der Waals surface area contributed by atoms with Gasteiger partial charge in [-0.1, -0.05) is 12.1 Å². The van der Waals surface area contributed by atoms with Crippen LogP contribution in [0.4, 0.5) is 18.9 Å². The number of rotatable bonds is 5. The van der Waals surface area contributed by atoms with Crippen LogP contribution in [0.5, 0.6) is 0 Å². The fourth-order valence-electron chi connectivity index (χ4n) is 1.71. The third kappa shape index (κ3) is 5.11. The van der Waals surface area contributed by atoms with Gasteiger partial charge in [-0.2, -0.15) is 13.2 Å². The molecule has 0 unspecified atom stereocenters. The summed E-state index contributed by atoms with van der Waals surface area (Å²) in [5.74, 6) is -0.419. The summed E-state index contributed by atoms with van der Waals surface area (Å²) < 4.78 is 36.5. The first kappa shape index (κ1) is 16.3. The quantitative estimate of drug-likeness (QED) is 0.899. The van der Waals surface area contributed by atoms with E-state index in [1.54, 1.807) is 24.3 Å². The minimum absolute atomic E-state index is 0.129. The number of halogens is 3. The standard InChI is InChI=1S/C14H19F3N2O/c1-10(2)18-12-7-5-4-6-11(12)13(20)19(3)9-8-14(15,16)17/h4-7,10,18H,8-9H2,1-3H3. The van der Waals surface area contributed by atoms with Crippen LogP contribution in [0, 0.1) is 0 Å². The van der Waals surface area contributed by atoms with Gasteiger partial charge in [0.05, 0.1) is 12.0 Å². The molecule has 0 spiro atoms. The Morgan fingerprint density at radius 3 is 2.45 bits per heavy atom. The Morgan fingerprint density at radius 1 is 1.30 bits per heavy atom. The van der Waals surface area contributed by atoms with Crippen LogP contribution >= 0.6 is 0 Å². The van der Waals surface area contributed by atoms with Crippen molar-refractivity contribution < 1.29 is 18.0 Å². The molecule has 1 aromatic carbocycles. The lowest BCUT2D eigenvalue weighted by atomic mass is 10.1. The molecule has 1 aromatic rings. The van der Waals surface area contributed by atoms with Gasteiger partial charge in [0.25, 0.3) is 5.91 Å². The molecule has 0 atom stereocenters. The number of carbonyl (C=O) groups is 1. The van der Waals surface area contributed by atoms with Crippen molar-refractivity contribution in [2.24, 2.45) is 0 Å². The lowest BCUT2D eigenvalue weighted by Crippen LogP contribution is -2.31. The Bertz CT molecular complexity index is 458. The summed E-state index contributed by atoms with van der Waals surface area (Å²) in [4.78, 5) is 13.3. The first-order valence-corrected chi connectivity index (χ1v) is 6.38. The molecule has 1 amide bonds. The molecule has 0 heterocycles. The summed E-state index contributed by atoms with van der Waals surface area (Å²) in [5, 5.41) is 3.11. The molecular weight excluding hydrogens is 269 g/mol. The molecule has 1 N–H and O–H groups in total. The van der Waals surface area contributed by atoms with Gasteiger partial charge in [-0.3, -0.25) is 4.79 Å². The molecule has 1 rings (SSSR count). The zero-order valence-electron chi connectivity index (χ0n) is 11.8. The van der Waals surface area contributed by atoms with Crippen molar-refractivity contribution in [2.75, 3.05) is 18.9 Å². The minimum atomic E-state index is -4.26. The number of hydrogen-bond acceptors (Lipinski definition) is 2. The van der Waals surface area contributed by atoms with Crippen molar-refractivity contribution in [2.45, 2.75) is 32.5 Å². The summed E-state index contributed by atoms with van der Waals surface area (Å²) >= 11 is 0. The highest BCUT2D eigenvalue weighted by Crippen LogP contribution is 2.21. The van der Waals surface area contributed by atoms with Gasteiger partial charge in [-0.15, -0.1) is 0 Å². The average Bonchev–Trinajstić information content (AvgIpc) is 2.34. The van der Waals surface area contributed by atoms with Crippen LogP contribution in [-0.2, 0) is 0 Å². The van der Waals surface area contributed by atoms with Gasteiger partial charge < -0.3 is 10.2 Å². The number of benzene rings is 1. The van der Waals surface area contributed by atoms with Crippen molar-refractivity contribution in [3.63, 3.8) is 0 Å². The Hall–Kier alpha value is -1.72. The van der Waals surface area contributed by atoms with E-state index in [1.165, 1.54) is 7.05 Å². The highest BCUT2D eigenvalue weighted by Gasteiger charge is 2.28. The first-order valence-electron chi connectivity index (χ1n) is 6.38. The predicted octanol–water partition coefficient (Wildman–Crippen LogP) is 3.53. The molecule has 0 aliphatic carbocycles. The Morgan fingerprint density at radius 2 is 1.90 bits per heavy atom. The molecule has 0 bridgehead atoms. The van der Waals surface area contributed by atoms with Gasteiger partial charge in [0.15, 0.2) is 0 Å². The highest BCUT2D eigenvalue weighted by atomic mass is 19.4. The molecule has 6 heteroatoms. The van der Waals surface area contributed by atoms with E-state index in [2.05, 4.69) is 5.32 Å². The maximum Gasteiger partial charge on any atom is 0.390 e. The molecule has 112 valence electrons. The second kappa shape index (κ2) is 6.63. The Kier molecular flexibility index (Phi) is 5.42. The van der Waals surface area contributed by atoms with E-state index in [9.17, 15) is 18.0 Å². The van der Waals surface area contributed by atoms with Gasteiger partial charge in [-0.05, 0) is 26.0 Å². The van der Waals surface area contributed by atoms with E-state index in [0.29, 0.717) is 11.3 Å². The molecule has 0 fully saturated rings. The van der Waals surface area contributed by atoms with Crippen molar-refractivity contribution in [1.82, 2.24) is 4.90 Å². The molecule has 0 aromatic heterocycles. The van der Waals surface area contributed by atoms with E-state index in [-0.39, 0.29) is 12.6 Å². The number of nitrogens with one attached hydrogen (secondary N) is 1. The lowest BCUT2D eigenvalue weighted by molar-refractivity contribution is -0.136. The van der Waals surface area contributed by atoms with Crippen LogP contribution in [0.3, 0.4) is 0 Å². The number of carbonyl (C=O) groups excluding carboxylic acids is 1. The van der Waals surface area contributed by atoms with Gasteiger partial charge in [-0.25, -0.2) is 0 Å². The Labute approximate surface area is 116 Å². The van der Waals surface area contributed by atoms with Crippen LogP contribution in [0.15, 0.2) is 24.3 Å². The Balaban J connectivity index is 2.81. The van der Waals surface area contributed by atoms with Crippen molar-refractivity contribution in [3.05, 3.63) is 29.8 Å². The van der Waals surface area contributed by atoms with Gasteiger partial charge in [0, 0.05) is 25.3 Å². The summed E-state index contributed by atoms with van der Waals surface area (Å²) in [6.45, 7) is 3.50. The largest absolute Gasteiger partial charge is 0.390 e. The maximum atomic E-state index is 12.2. The number of hydrogen-bond donors (Lipinski definition) is 1. The minimum Gasteiger partial charge on any atom is -0.382 e. The van der Waals surface area contributed by atoms with E-state index >= 15 is 0 Å². The third-order valence-corrected chi connectivity index (χ3v) is 2.68. The monoisotopic (exact) mass is 288 g/mol. The zero-order chi connectivity index (χ0) is 15.3.